The molecule has 0 saturated heterocycles. The van der Waals surface area contributed by atoms with E-state index in [9.17, 15) is 5.11 Å². The molecule has 0 aromatic carbocycles. The average Bonchev–Trinajstić information content (AvgIpc) is 2.12. The molecule has 0 amide bonds. The topological polar surface area (TPSA) is 45.1 Å². The first-order chi connectivity index (χ1) is 6.61. The van der Waals surface area contributed by atoms with Crippen LogP contribution in [0.1, 0.15) is 24.7 Å². The van der Waals surface area contributed by atoms with Crippen LogP contribution < -0.4 is 5.32 Å². The highest BCUT2D eigenvalue weighted by Gasteiger charge is 2.01. The lowest BCUT2D eigenvalue weighted by Crippen LogP contribution is -2.18. The minimum absolute atomic E-state index is 0.274. The van der Waals surface area contributed by atoms with Crippen molar-refractivity contribution in [2.45, 2.75) is 33.3 Å². The van der Waals surface area contributed by atoms with E-state index in [1.807, 2.05) is 32.9 Å². The van der Waals surface area contributed by atoms with Gasteiger partial charge < -0.3 is 10.4 Å². The predicted molar refractivity (Wildman–Crippen MR) is 58.5 cm³/mol. The van der Waals surface area contributed by atoms with Crippen LogP contribution in [0.15, 0.2) is 12.1 Å². The molecule has 0 aliphatic rings. The average molecular weight is 194 g/mol. The van der Waals surface area contributed by atoms with Gasteiger partial charge in [0.2, 0.25) is 0 Å². The number of aryl methyl sites for hydroxylation is 2. The fourth-order valence-corrected chi connectivity index (χ4v) is 1.32. The van der Waals surface area contributed by atoms with Crippen LogP contribution in [0.3, 0.4) is 0 Å². The van der Waals surface area contributed by atoms with Crippen LogP contribution in [0.25, 0.3) is 0 Å². The number of hydrogen-bond donors (Lipinski definition) is 2. The molecule has 78 valence electrons. The molecule has 1 aromatic heterocycles. The molecular weight excluding hydrogens is 176 g/mol. The second-order valence-corrected chi connectivity index (χ2v) is 3.58. The maximum Gasteiger partial charge on any atom is 0.0709 e. The summed E-state index contributed by atoms with van der Waals surface area (Å²) in [6.45, 7) is 6.50. The molecule has 2 N–H and O–H groups in total. The van der Waals surface area contributed by atoms with E-state index in [-0.39, 0.29) is 6.10 Å². The van der Waals surface area contributed by atoms with Gasteiger partial charge in [0.15, 0.2) is 0 Å². The summed E-state index contributed by atoms with van der Waals surface area (Å²) in [6, 6.07) is 3.96. The van der Waals surface area contributed by atoms with Crippen molar-refractivity contribution in [2.24, 2.45) is 0 Å². The number of nitrogens with zero attached hydrogens (tertiary/aromatic N) is 1. The Labute approximate surface area is 85.2 Å². The minimum Gasteiger partial charge on any atom is -0.391 e. The first kappa shape index (κ1) is 11.0. The molecule has 0 aliphatic heterocycles. The summed E-state index contributed by atoms with van der Waals surface area (Å²) in [5.74, 6) is 0. The first-order valence-corrected chi connectivity index (χ1v) is 4.99. The molecule has 0 spiro atoms. The van der Waals surface area contributed by atoms with Gasteiger partial charge in [-0.05, 0) is 32.4 Å². The number of hydrogen-bond acceptors (Lipinski definition) is 3. The van der Waals surface area contributed by atoms with Gasteiger partial charge in [-0.2, -0.15) is 0 Å². The van der Waals surface area contributed by atoms with Gasteiger partial charge in [-0.3, -0.25) is 4.98 Å². The largest absolute Gasteiger partial charge is 0.391 e. The zero-order chi connectivity index (χ0) is 10.6. The molecule has 0 saturated carbocycles. The number of nitrogens with one attached hydrogen (secondary N) is 1. The summed E-state index contributed by atoms with van der Waals surface area (Å²) in [7, 11) is 0. The molecule has 3 nitrogen and oxygen atoms in total. The molecule has 0 fully saturated rings. The molecule has 1 aromatic rings. The van der Waals surface area contributed by atoms with E-state index in [1.165, 1.54) is 0 Å². The van der Waals surface area contributed by atoms with E-state index in [2.05, 4.69) is 10.3 Å². The van der Waals surface area contributed by atoms with E-state index in [0.29, 0.717) is 6.54 Å². The van der Waals surface area contributed by atoms with Crippen molar-refractivity contribution in [3.8, 4) is 0 Å². The van der Waals surface area contributed by atoms with Crippen molar-refractivity contribution < 1.29 is 5.11 Å². The maximum atomic E-state index is 9.38. The summed E-state index contributed by atoms with van der Waals surface area (Å²) in [4.78, 5) is 4.28. The Morgan fingerprint density at radius 2 is 1.93 bits per heavy atom. The number of anilines is 1. The predicted octanol–water partition coefficient (Wildman–Crippen LogP) is 1.88. The van der Waals surface area contributed by atoms with Crippen LogP contribution in [0, 0.1) is 13.8 Å². The van der Waals surface area contributed by atoms with E-state index < -0.39 is 0 Å². The normalized spacial score (nSPS) is 12.6. The van der Waals surface area contributed by atoms with Crippen molar-refractivity contribution in [1.82, 2.24) is 4.98 Å². The smallest absolute Gasteiger partial charge is 0.0709 e. The first-order valence-electron chi connectivity index (χ1n) is 4.99. The van der Waals surface area contributed by atoms with E-state index in [4.69, 9.17) is 0 Å². The summed E-state index contributed by atoms with van der Waals surface area (Å²) < 4.78 is 0. The molecule has 14 heavy (non-hydrogen) atoms. The van der Waals surface area contributed by atoms with Gasteiger partial charge in [0.25, 0.3) is 0 Å². The highest BCUT2D eigenvalue weighted by Crippen LogP contribution is 2.10. The quantitative estimate of drug-likeness (QED) is 0.769. The number of aliphatic hydroxyl groups is 1. The third kappa shape index (κ3) is 3.34. The van der Waals surface area contributed by atoms with Gasteiger partial charge in [-0.1, -0.05) is 6.92 Å². The Kier molecular flexibility index (Phi) is 3.89. The van der Waals surface area contributed by atoms with Crippen LogP contribution >= 0.6 is 0 Å². The number of rotatable bonds is 4. The molecule has 1 heterocycles. The fourth-order valence-electron chi connectivity index (χ4n) is 1.32. The molecule has 3 heteroatoms. The summed E-state index contributed by atoms with van der Waals surface area (Å²) in [5, 5.41) is 12.6. The molecular formula is C11H18N2O. The number of pyridine rings is 1. The van der Waals surface area contributed by atoms with Crippen molar-refractivity contribution in [2.75, 3.05) is 11.9 Å². The van der Waals surface area contributed by atoms with Gasteiger partial charge >= 0.3 is 0 Å². The van der Waals surface area contributed by atoms with Gasteiger partial charge in [0.05, 0.1) is 6.10 Å². The minimum atomic E-state index is -0.274. The fraction of sp³-hybridized carbons (Fsp3) is 0.545. The highest BCUT2D eigenvalue weighted by atomic mass is 16.3. The summed E-state index contributed by atoms with van der Waals surface area (Å²) >= 11 is 0. The second-order valence-electron chi connectivity index (χ2n) is 3.58. The second kappa shape index (κ2) is 4.96. The lowest BCUT2D eigenvalue weighted by atomic mass is 10.2. The van der Waals surface area contributed by atoms with Gasteiger partial charge in [-0.15, -0.1) is 0 Å². The molecule has 0 radical (unpaired) electrons. The van der Waals surface area contributed by atoms with E-state index in [0.717, 1.165) is 23.5 Å². The van der Waals surface area contributed by atoms with Crippen molar-refractivity contribution in [3.63, 3.8) is 0 Å². The Morgan fingerprint density at radius 3 is 2.43 bits per heavy atom. The molecule has 1 atom stereocenters. The number of aromatic nitrogens is 1. The Bertz CT molecular complexity index is 279. The van der Waals surface area contributed by atoms with Crippen LogP contribution in [0.2, 0.25) is 0 Å². The molecule has 1 rings (SSSR count). The monoisotopic (exact) mass is 194 g/mol. The highest BCUT2D eigenvalue weighted by molar-refractivity contribution is 5.45. The van der Waals surface area contributed by atoms with Crippen LogP contribution in [-0.2, 0) is 0 Å². The van der Waals surface area contributed by atoms with Crippen molar-refractivity contribution >= 4 is 5.69 Å². The van der Waals surface area contributed by atoms with Gasteiger partial charge in [-0.25, -0.2) is 0 Å². The van der Waals surface area contributed by atoms with Gasteiger partial charge in [0, 0.05) is 23.6 Å². The maximum absolute atomic E-state index is 9.38. The van der Waals surface area contributed by atoms with Crippen molar-refractivity contribution in [3.05, 3.63) is 23.5 Å². The van der Waals surface area contributed by atoms with E-state index >= 15 is 0 Å². The zero-order valence-electron chi connectivity index (χ0n) is 9.04. The lowest BCUT2D eigenvalue weighted by Gasteiger charge is -2.11. The lowest BCUT2D eigenvalue weighted by molar-refractivity contribution is 0.183. The summed E-state index contributed by atoms with van der Waals surface area (Å²) in [6.07, 6.45) is 0.500. The number of aliphatic hydroxyl groups excluding tert-OH is 1. The third-order valence-electron chi connectivity index (χ3n) is 2.09. The Hall–Kier alpha value is -1.09. The zero-order valence-corrected chi connectivity index (χ0v) is 9.04. The van der Waals surface area contributed by atoms with E-state index in [1.54, 1.807) is 0 Å². The third-order valence-corrected chi connectivity index (χ3v) is 2.09. The van der Waals surface area contributed by atoms with Gasteiger partial charge in [0.1, 0.15) is 0 Å². The Morgan fingerprint density at radius 1 is 1.36 bits per heavy atom. The standard InChI is InChI=1S/C11H18N2O/c1-4-11(14)7-12-10-5-8(2)13-9(3)6-10/h5-6,11,14H,4,7H2,1-3H3,(H,12,13). The SMILES string of the molecule is CCC(O)CNc1cc(C)nc(C)c1. The Balaban J connectivity index is 2.58. The summed E-state index contributed by atoms with van der Waals surface area (Å²) in [5.41, 5.74) is 3.03. The van der Waals surface area contributed by atoms with Crippen LogP contribution in [0.5, 0.6) is 0 Å². The molecule has 1 unspecified atom stereocenters. The molecule has 0 bridgehead atoms. The van der Waals surface area contributed by atoms with Crippen LogP contribution in [-0.4, -0.2) is 22.7 Å². The van der Waals surface area contributed by atoms with Crippen LogP contribution in [0.4, 0.5) is 5.69 Å². The van der Waals surface area contributed by atoms with Crippen molar-refractivity contribution in [1.29, 1.82) is 0 Å². The molecule has 0 aliphatic carbocycles.